The first-order valence-corrected chi connectivity index (χ1v) is 23.3. The third-order valence-corrected chi connectivity index (χ3v) is 44.5. The fourth-order valence-electron chi connectivity index (χ4n) is 2.82. The van der Waals surface area contributed by atoms with E-state index in [-0.39, 0.29) is 0 Å². The van der Waals surface area contributed by atoms with Crippen LogP contribution in [0.15, 0.2) is 0 Å². The van der Waals surface area contributed by atoms with Crippen molar-refractivity contribution in [2.75, 3.05) is 0 Å². The maximum absolute atomic E-state index is 7.02. The lowest BCUT2D eigenvalue weighted by Crippen LogP contribution is -2.79. The van der Waals surface area contributed by atoms with E-state index in [0.717, 1.165) is 0 Å². The van der Waals surface area contributed by atoms with Crippen LogP contribution >= 0.6 is 319 Å². The second kappa shape index (κ2) is 11.7. The van der Waals surface area contributed by atoms with Crippen LogP contribution in [0.5, 0.6) is 0 Å². The first-order chi connectivity index (χ1) is 14.0. The molecular formula is C12H2Br20O. The summed E-state index contributed by atoms with van der Waals surface area (Å²) in [6.45, 7) is 0. The maximum Gasteiger partial charge on any atom is 0.136 e. The van der Waals surface area contributed by atoms with Gasteiger partial charge in [-0.25, -0.2) is 0 Å². The minimum atomic E-state index is -0.940. The Kier molecular flexibility index (Phi) is 13.7. The van der Waals surface area contributed by atoms with Crippen molar-refractivity contribution in [2.45, 2.75) is 44.5 Å². The summed E-state index contributed by atoms with van der Waals surface area (Å²) in [5, 5.41) is 0. The molecule has 0 atom stereocenters. The molecule has 0 amide bonds. The van der Waals surface area contributed by atoms with Gasteiger partial charge in [-0.3, -0.25) is 0 Å². The SMILES string of the molecule is BrC1(Br)C(OC2C(Br)(Br)C(Br)(Br)C(Br)(Br)C(Br)(Br)C2(Br)Br)C(Br)(Br)C(Br)(Br)C(Br)(Br)C1(Br)Br. The van der Waals surface area contributed by atoms with E-state index in [4.69, 9.17) is 4.74 Å². The van der Waals surface area contributed by atoms with E-state index in [2.05, 4.69) is 319 Å². The van der Waals surface area contributed by atoms with Gasteiger partial charge in [0.1, 0.15) is 44.5 Å². The van der Waals surface area contributed by atoms with Crippen molar-refractivity contribution >= 4 is 319 Å². The first kappa shape index (κ1) is 38.7. The molecule has 2 rings (SSSR count). The molecule has 0 aliphatic heterocycles. The van der Waals surface area contributed by atoms with Crippen LogP contribution < -0.4 is 0 Å². The largest absolute Gasteiger partial charge is 0.365 e. The van der Waals surface area contributed by atoms with Crippen molar-refractivity contribution < 1.29 is 4.74 Å². The molecule has 0 aromatic rings. The number of alkyl halides is 20. The van der Waals surface area contributed by atoms with E-state index in [1.165, 1.54) is 0 Å². The van der Waals surface area contributed by atoms with E-state index < -0.39 is 44.5 Å². The van der Waals surface area contributed by atoms with Gasteiger partial charge >= 0.3 is 0 Å². The van der Waals surface area contributed by atoms with E-state index in [9.17, 15) is 0 Å². The summed E-state index contributed by atoms with van der Waals surface area (Å²) >= 11 is 76.9. The number of halogens is 20. The third-order valence-electron chi connectivity index (χ3n) is 4.84. The summed E-state index contributed by atoms with van der Waals surface area (Å²) in [6.07, 6.45) is -1.33. The fourth-order valence-corrected chi connectivity index (χ4v) is 24.2. The normalized spacial score (nSPS) is 34.5. The van der Waals surface area contributed by atoms with E-state index in [1.807, 2.05) is 0 Å². The highest BCUT2D eigenvalue weighted by molar-refractivity contribution is 9.37. The predicted octanol–water partition coefficient (Wildman–Crippen LogP) is 14.6. The second-order valence-corrected chi connectivity index (χ2v) is 41.8. The standard InChI is InChI=1S/C12H2Br20O/c13-3(14)1(4(15,16)8(23,24)11(29,30)7(3,21)22)33-2-5(17,18)9(25,26)12(31,32)10(27,28)6(2,19)20/h1-2H. The molecule has 21 heteroatoms. The monoisotopic (exact) mass is 1740 g/mol. The zero-order chi connectivity index (χ0) is 26.9. The van der Waals surface area contributed by atoms with Crippen LogP contribution in [-0.4, -0.2) is 44.5 Å². The molecule has 0 bridgehead atoms. The van der Waals surface area contributed by atoms with Crippen LogP contribution in [-0.2, 0) is 4.74 Å². The second-order valence-electron chi connectivity index (χ2n) is 6.83. The van der Waals surface area contributed by atoms with Crippen LogP contribution in [0.3, 0.4) is 0 Å². The smallest absolute Gasteiger partial charge is 0.136 e. The summed E-state index contributed by atoms with van der Waals surface area (Å²) in [7, 11) is 0. The van der Waals surface area contributed by atoms with Crippen molar-refractivity contribution in [1.29, 1.82) is 0 Å². The molecule has 0 radical (unpaired) electrons. The van der Waals surface area contributed by atoms with Crippen LogP contribution in [0.25, 0.3) is 0 Å². The summed E-state index contributed by atoms with van der Waals surface area (Å²) in [5.41, 5.74) is 0. The summed E-state index contributed by atoms with van der Waals surface area (Å²) in [6, 6.07) is 0. The summed E-state index contributed by atoms with van der Waals surface area (Å²) in [5.74, 6) is 0. The van der Waals surface area contributed by atoms with Gasteiger partial charge in [0, 0.05) is 0 Å². The Morgan fingerprint density at radius 3 is 0.576 bits per heavy atom. The van der Waals surface area contributed by atoms with Crippen molar-refractivity contribution in [3.8, 4) is 0 Å². The van der Waals surface area contributed by atoms with Crippen molar-refractivity contribution in [1.82, 2.24) is 0 Å². The van der Waals surface area contributed by atoms with Crippen molar-refractivity contribution in [3.05, 3.63) is 0 Å². The minimum absolute atomic E-state index is 0.663. The molecule has 0 aromatic heterocycles. The van der Waals surface area contributed by atoms with Crippen LogP contribution in [0.4, 0.5) is 0 Å². The first-order valence-electron chi connectivity index (χ1n) is 7.41. The fraction of sp³-hybridized carbons (Fsp3) is 1.00. The highest BCUT2D eigenvalue weighted by Gasteiger charge is 2.84. The molecule has 2 aliphatic rings. The Balaban J connectivity index is 2.81. The Morgan fingerprint density at radius 1 is 0.273 bits per heavy atom. The molecule has 2 saturated carbocycles. The average molecular weight is 1760 g/mol. The van der Waals surface area contributed by atoms with Crippen LogP contribution in [0.1, 0.15) is 0 Å². The molecule has 2 fully saturated rings. The molecule has 0 heterocycles. The Bertz CT molecular complexity index is 684. The van der Waals surface area contributed by atoms with Gasteiger partial charge in [-0.1, -0.05) is 319 Å². The van der Waals surface area contributed by atoms with Crippen LogP contribution in [0.2, 0.25) is 0 Å². The summed E-state index contributed by atoms with van der Waals surface area (Å²) in [4.78, 5) is 0. The van der Waals surface area contributed by atoms with E-state index in [0.29, 0.717) is 0 Å². The molecule has 1 nitrogen and oxygen atoms in total. The van der Waals surface area contributed by atoms with Gasteiger partial charge in [0.15, 0.2) is 0 Å². The Morgan fingerprint density at radius 2 is 0.424 bits per heavy atom. The molecule has 196 valence electrons. The van der Waals surface area contributed by atoms with Crippen LogP contribution in [0, 0.1) is 0 Å². The van der Waals surface area contributed by atoms with Gasteiger partial charge in [0.05, 0.1) is 0 Å². The van der Waals surface area contributed by atoms with Gasteiger partial charge in [0.2, 0.25) is 0 Å². The molecular weight excluding hydrogens is 1760 g/mol. The predicted molar refractivity (Wildman–Crippen MR) is 215 cm³/mol. The topological polar surface area (TPSA) is 9.23 Å². The number of hydrogen-bond donors (Lipinski definition) is 0. The van der Waals surface area contributed by atoms with Gasteiger partial charge in [-0.05, 0) is 0 Å². The van der Waals surface area contributed by atoms with Crippen molar-refractivity contribution in [3.63, 3.8) is 0 Å². The minimum Gasteiger partial charge on any atom is -0.365 e. The van der Waals surface area contributed by atoms with Crippen molar-refractivity contribution in [2.24, 2.45) is 0 Å². The Hall–Kier alpha value is 9.56. The molecule has 0 spiro atoms. The van der Waals surface area contributed by atoms with Gasteiger partial charge in [-0.15, -0.1) is 0 Å². The molecule has 0 unspecified atom stereocenters. The highest BCUT2D eigenvalue weighted by atomic mass is 80.0. The van der Waals surface area contributed by atoms with E-state index >= 15 is 0 Å². The lowest BCUT2D eigenvalue weighted by molar-refractivity contribution is -0.0439. The number of hydrogen-bond acceptors (Lipinski definition) is 1. The van der Waals surface area contributed by atoms with Gasteiger partial charge < -0.3 is 4.74 Å². The molecule has 2 aliphatic carbocycles. The zero-order valence-electron chi connectivity index (χ0n) is 14.1. The van der Waals surface area contributed by atoms with E-state index in [1.54, 1.807) is 0 Å². The average Bonchev–Trinajstić information content (AvgIpc) is 2.58. The van der Waals surface area contributed by atoms with Gasteiger partial charge in [0.25, 0.3) is 0 Å². The lowest BCUT2D eigenvalue weighted by atomic mass is 9.93. The maximum atomic E-state index is 7.02. The quantitative estimate of drug-likeness (QED) is 0.250. The summed E-state index contributed by atoms with van der Waals surface area (Å²) < 4.78 is -1.93. The zero-order valence-corrected chi connectivity index (χ0v) is 45.8. The number of rotatable bonds is 2. The Labute approximate surface area is 359 Å². The molecule has 0 N–H and O–H groups in total. The third kappa shape index (κ3) is 5.42. The number of ether oxygens (including phenoxy) is 1. The molecule has 33 heavy (non-hydrogen) atoms. The molecule has 0 aromatic carbocycles. The van der Waals surface area contributed by atoms with Gasteiger partial charge in [-0.2, -0.15) is 0 Å². The molecule has 0 saturated heterocycles. The highest BCUT2D eigenvalue weighted by Crippen LogP contribution is 2.81. The lowest BCUT2D eigenvalue weighted by Gasteiger charge is -2.66.